The van der Waals surface area contributed by atoms with Crippen LogP contribution >= 0.6 is 0 Å². The first kappa shape index (κ1) is 18.4. The minimum atomic E-state index is -1.01. The van der Waals surface area contributed by atoms with Crippen LogP contribution in [0.15, 0.2) is 30.3 Å². The maximum atomic E-state index is 12.2. The van der Waals surface area contributed by atoms with Crippen LogP contribution in [0.2, 0.25) is 0 Å². The molecule has 1 aromatic rings. The first-order valence-electron chi connectivity index (χ1n) is 8.06. The van der Waals surface area contributed by atoms with E-state index >= 15 is 0 Å². The highest BCUT2D eigenvalue weighted by Crippen LogP contribution is 2.13. The van der Waals surface area contributed by atoms with Gasteiger partial charge in [-0.1, -0.05) is 43.7 Å². The Morgan fingerprint density at radius 2 is 1.80 bits per heavy atom. The fourth-order valence-electron chi connectivity index (χ4n) is 2.26. The summed E-state index contributed by atoms with van der Waals surface area (Å²) in [6.07, 6.45) is 0.114. The molecule has 0 spiro atoms. The lowest BCUT2D eigenvalue weighted by molar-refractivity contribution is -0.199. The van der Waals surface area contributed by atoms with Crippen molar-refractivity contribution in [2.75, 3.05) is 0 Å². The van der Waals surface area contributed by atoms with Gasteiger partial charge in [0.1, 0.15) is 12.6 Å². The number of imide groups is 1. The van der Waals surface area contributed by atoms with E-state index in [4.69, 9.17) is 9.57 Å². The molecule has 8 nitrogen and oxygen atoms in total. The van der Waals surface area contributed by atoms with Crippen LogP contribution in [0.25, 0.3) is 0 Å². The quantitative estimate of drug-likeness (QED) is 0.752. The summed E-state index contributed by atoms with van der Waals surface area (Å²) in [6.45, 7) is 1.88. The fraction of sp³-hybridized carbons (Fsp3) is 0.412. The lowest BCUT2D eigenvalue weighted by Gasteiger charge is -2.19. The van der Waals surface area contributed by atoms with Crippen molar-refractivity contribution in [2.24, 2.45) is 0 Å². The number of carbonyl (C=O) groups is 4. The van der Waals surface area contributed by atoms with E-state index in [0.717, 1.165) is 5.56 Å². The van der Waals surface area contributed by atoms with Gasteiger partial charge in [0.2, 0.25) is 0 Å². The standard InChI is InChI=1S/C17H20N2O6/c1-2-6-13(16(22)25-19-14(20)9-10-15(19)21)18-17(23)24-11-12-7-4-3-5-8-12/h3-5,7-8,13H,2,6,9-11H2,1H3,(H,18,23)/t13-/m0/s1. The lowest BCUT2D eigenvalue weighted by Crippen LogP contribution is -2.45. The van der Waals surface area contributed by atoms with E-state index < -0.39 is 29.9 Å². The van der Waals surface area contributed by atoms with E-state index in [2.05, 4.69) is 5.32 Å². The number of alkyl carbamates (subject to hydrolysis) is 1. The van der Waals surface area contributed by atoms with Gasteiger partial charge in [-0.05, 0) is 12.0 Å². The van der Waals surface area contributed by atoms with Crippen LogP contribution in [0.3, 0.4) is 0 Å². The Balaban J connectivity index is 1.88. The summed E-state index contributed by atoms with van der Waals surface area (Å²) >= 11 is 0. The van der Waals surface area contributed by atoms with E-state index in [1.54, 1.807) is 12.1 Å². The van der Waals surface area contributed by atoms with Crippen LogP contribution in [-0.4, -0.2) is 35.0 Å². The second-order valence-corrected chi connectivity index (χ2v) is 5.54. The van der Waals surface area contributed by atoms with Crippen molar-refractivity contribution in [1.29, 1.82) is 0 Å². The number of rotatable bonds is 7. The Bertz CT molecular complexity index is 630. The van der Waals surface area contributed by atoms with Gasteiger partial charge in [-0.3, -0.25) is 9.59 Å². The summed E-state index contributed by atoms with van der Waals surface area (Å²) in [4.78, 5) is 51.9. The predicted octanol–water partition coefficient (Wildman–Crippen LogP) is 1.69. The number of amides is 3. The van der Waals surface area contributed by atoms with Gasteiger partial charge in [0.05, 0.1) is 0 Å². The van der Waals surface area contributed by atoms with Crippen molar-refractivity contribution in [3.8, 4) is 0 Å². The molecule has 1 aliphatic rings. The third-order valence-corrected chi connectivity index (χ3v) is 3.55. The molecule has 0 bridgehead atoms. The monoisotopic (exact) mass is 348 g/mol. The fourth-order valence-corrected chi connectivity index (χ4v) is 2.26. The molecule has 1 aromatic carbocycles. The van der Waals surface area contributed by atoms with E-state index in [1.807, 2.05) is 25.1 Å². The Kier molecular flexibility index (Phi) is 6.50. The molecule has 3 amide bonds. The van der Waals surface area contributed by atoms with Crippen LogP contribution < -0.4 is 5.32 Å². The van der Waals surface area contributed by atoms with Crippen LogP contribution in [-0.2, 0) is 30.6 Å². The van der Waals surface area contributed by atoms with E-state index in [0.29, 0.717) is 11.5 Å². The first-order chi connectivity index (χ1) is 12.0. The molecule has 0 aromatic heterocycles. The molecule has 8 heteroatoms. The van der Waals surface area contributed by atoms with Gasteiger partial charge < -0.3 is 14.9 Å². The van der Waals surface area contributed by atoms with Crippen molar-refractivity contribution in [1.82, 2.24) is 10.4 Å². The number of nitrogens with one attached hydrogen (secondary N) is 1. The number of hydroxylamine groups is 2. The van der Waals surface area contributed by atoms with E-state index in [1.165, 1.54) is 0 Å². The van der Waals surface area contributed by atoms with Crippen LogP contribution in [0.4, 0.5) is 4.79 Å². The number of hydrogen-bond donors (Lipinski definition) is 1. The number of hydrogen-bond acceptors (Lipinski definition) is 6. The van der Waals surface area contributed by atoms with Gasteiger partial charge in [-0.25, -0.2) is 9.59 Å². The van der Waals surface area contributed by atoms with Crippen LogP contribution in [0.1, 0.15) is 38.2 Å². The van der Waals surface area contributed by atoms with E-state index in [-0.39, 0.29) is 25.9 Å². The second-order valence-electron chi connectivity index (χ2n) is 5.54. The number of nitrogens with zero attached hydrogens (tertiary/aromatic N) is 1. The molecule has 134 valence electrons. The number of benzene rings is 1. The normalized spacial score (nSPS) is 15.0. The zero-order valence-corrected chi connectivity index (χ0v) is 13.9. The highest BCUT2D eigenvalue weighted by Gasteiger charge is 2.35. The lowest BCUT2D eigenvalue weighted by atomic mass is 10.2. The second kappa shape index (κ2) is 8.81. The van der Waals surface area contributed by atoms with Crippen LogP contribution in [0, 0.1) is 0 Å². The summed E-state index contributed by atoms with van der Waals surface area (Å²) in [5.41, 5.74) is 0.806. The molecule has 0 radical (unpaired) electrons. The average Bonchev–Trinajstić information content (AvgIpc) is 2.92. The van der Waals surface area contributed by atoms with Gasteiger partial charge in [-0.2, -0.15) is 0 Å². The molecule has 0 aliphatic carbocycles. The van der Waals surface area contributed by atoms with Gasteiger partial charge in [0, 0.05) is 12.8 Å². The molecular weight excluding hydrogens is 328 g/mol. The van der Waals surface area contributed by atoms with Crippen molar-refractivity contribution in [2.45, 2.75) is 45.3 Å². The molecule has 25 heavy (non-hydrogen) atoms. The zero-order valence-electron chi connectivity index (χ0n) is 13.9. The molecule has 1 saturated heterocycles. The molecule has 1 aliphatic heterocycles. The minimum absolute atomic E-state index is 0.0110. The molecule has 1 N–H and O–H groups in total. The Hall–Kier alpha value is -2.90. The average molecular weight is 348 g/mol. The Labute approximate surface area is 145 Å². The summed E-state index contributed by atoms with van der Waals surface area (Å²) in [5, 5.41) is 2.87. The SMILES string of the molecule is CCC[C@H](NC(=O)OCc1ccccc1)C(=O)ON1C(=O)CCC1=O. The summed E-state index contributed by atoms with van der Waals surface area (Å²) in [6, 6.07) is 8.08. The summed E-state index contributed by atoms with van der Waals surface area (Å²) in [7, 11) is 0. The Morgan fingerprint density at radius 1 is 1.16 bits per heavy atom. The minimum Gasteiger partial charge on any atom is -0.445 e. The third kappa shape index (κ3) is 5.30. The highest BCUT2D eigenvalue weighted by molar-refractivity contribution is 6.01. The smallest absolute Gasteiger partial charge is 0.408 e. The topological polar surface area (TPSA) is 102 Å². The molecule has 1 atom stereocenters. The Morgan fingerprint density at radius 3 is 2.40 bits per heavy atom. The maximum Gasteiger partial charge on any atom is 0.408 e. The molecular formula is C17H20N2O6. The molecule has 2 rings (SSSR count). The van der Waals surface area contributed by atoms with Crippen LogP contribution in [0.5, 0.6) is 0 Å². The van der Waals surface area contributed by atoms with Crippen molar-refractivity contribution < 1.29 is 28.8 Å². The predicted molar refractivity (Wildman–Crippen MR) is 85.6 cm³/mol. The van der Waals surface area contributed by atoms with Crippen molar-refractivity contribution in [3.63, 3.8) is 0 Å². The van der Waals surface area contributed by atoms with Crippen molar-refractivity contribution >= 4 is 23.9 Å². The largest absolute Gasteiger partial charge is 0.445 e. The van der Waals surface area contributed by atoms with Gasteiger partial charge in [-0.15, -0.1) is 5.06 Å². The van der Waals surface area contributed by atoms with Gasteiger partial charge in [0.15, 0.2) is 0 Å². The molecule has 1 fully saturated rings. The third-order valence-electron chi connectivity index (χ3n) is 3.55. The number of carbonyl (C=O) groups excluding carboxylic acids is 4. The maximum absolute atomic E-state index is 12.2. The molecule has 1 heterocycles. The first-order valence-corrected chi connectivity index (χ1v) is 8.06. The molecule has 0 unspecified atom stereocenters. The highest BCUT2D eigenvalue weighted by atomic mass is 16.7. The van der Waals surface area contributed by atoms with Crippen molar-refractivity contribution in [3.05, 3.63) is 35.9 Å². The molecule has 0 saturated carbocycles. The number of ether oxygens (including phenoxy) is 1. The van der Waals surface area contributed by atoms with E-state index in [9.17, 15) is 19.2 Å². The zero-order chi connectivity index (χ0) is 18.2. The van der Waals surface area contributed by atoms with Gasteiger partial charge >= 0.3 is 12.1 Å². The van der Waals surface area contributed by atoms with Gasteiger partial charge in [0.25, 0.3) is 11.8 Å². The summed E-state index contributed by atoms with van der Waals surface area (Å²) in [5.74, 6) is -2.01. The summed E-state index contributed by atoms with van der Waals surface area (Å²) < 4.78 is 5.06.